The lowest BCUT2D eigenvalue weighted by molar-refractivity contribution is -0.139. The van der Waals surface area contributed by atoms with E-state index in [0.717, 1.165) is 40.6 Å². The summed E-state index contributed by atoms with van der Waals surface area (Å²) in [5, 5.41) is 14.6. The first-order valence-electron chi connectivity index (χ1n) is 14.4. The summed E-state index contributed by atoms with van der Waals surface area (Å²) in [5.41, 5.74) is 5.33. The first-order valence-corrected chi connectivity index (χ1v) is 15.3. The summed E-state index contributed by atoms with van der Waals surface area (Å²) in [5.74, 6) is -0.664. The molecule has 224 valence electrons. The van der Waals surface area contributed by atoms with E-state index in [2.05, 4.69) is 42.1 Å². The average Bonchev–Trinajstić information content (AvgIpc) is 3.02. The number of anilines is 3. The molecular formula is C35H39N3O4S. The van der Waals surface area contributed by atoms with Crippen molar-refractivity contribution in [3.05, 3.63) is 114 Å². The molecule has 43 heavy (non-hydrogen) atoms. The molecule has 0 unspecified atom stereocenters. The van der Waals surface area contributed by atoms with E-state index in [4.69, 9.17) is 9.84 Å². The van der Waals surface area contributed by atoms with Gasteiger partial charge in [0.25, 0.3) is 5.91 Å². The smallest absolute Gasteiger partial charge is 0.341 e. The lowest BCUT2D eigenvalue weighted by Crippen LogP contribution is -2.29. The second-order valence-corrected chi connectivity index (χ2v) is 11.5. The zero-order valence-electron chi connectivity index (χ0n) is 24.8. The fraction of sp³-hybridized carbons (Fsp3) is 0.257. The van der Waals surface area contributed by atoms with Gasteiger partial charge < -0.3 is 25.0 Å². The number of ether oxygens (including phenoxy) is 1. The molecule has 1 aliphatic rings. The molecule has 4 rings (SSSR count). The average molecular weight is 598 g/mol. The molecular weight excluding hydrogens is 558 g/mol. The van der Waals surface area contributed by atoms with Crippen LogP contribution in [0.4, 0.5) is 17.1 Å². The largest absolute Gasteiger partial charge is 0.482 e. The van der Waals surface area contributed by atoms with Gasteiger partial charge in [-0.2, -0.15) is 0 Å². The fourth-order valence-electron chi connectivity index (χ4n) is 4.93. The van der Waals surface area contributed by atoms with E-state index < -0.39 is 5.97 Å². The summed E-state index contributed by atoms with van der Waals surface area (Å²) in [6.07, 6.45) is 5.52. The number of benzene rings is 3. The van der Waals surface area contributed by atoms with Crippen LogP contribution in [0.5, 0.6) is 5.75 Å². The molecule has 1 aliphatic heterocycles. The number of hydrogen-bond acceptors (Lipinski definition) is 6. The zero-order valence-corrected chi connectivity index (χ0v) is 25.6. The molecule has 1 fully saturated rings. The molecule has 0 aromatic heterocycles. The van der Waals surface area contributed by atoms with E-state index in [1.54, 1.807) is 18.2 Å². The molecule has 1 amide bonds. The van der Waals surface area contributed by atoms with E-state index in [1.807, 2.05) is 66.1 Å². The quantitative estimate of drug-likeness (QED) is 0.193. The molecule has 0 radical (unpaired) electrons. The number of carbonyl (C=O) groups is 2. The molecule has 1 saturated heterocycles. The maximum Gasteiger partial charge on any atom is 0.341 e. The predicted molar refractivity (Wildman–Crippen MR) is 179 cm³/mol. The van der Waals surface area contributed by atoms with Crippen molar-refractivity contribution in [1.29, 1.82) is 0 Å². The number of carboxylic acid groups (broad SMARTS) is 1. The van der Waals surface area contributed by atoms with Gasteiger partial charge in [-0.15, -0.1) is 0 Å². The van der Waals surface area contributed by atoms with Crippen LogP contribution in [0.2, 0.25) is 0 Å². The Bertz CT molecular complexity index is 1440. The minimum Gasteiger partial charge on any atom is -0.482 e. The maximum atomic E-state index is 12.9. The third kappa shape index (κ3) is 8.78. The van der Waals surface area contributed by atoms with Crippen LogP contribution in [0.1, 0.15) is 49.0 Å². The van der Waals surface area contributed by atoms with Crippen molar-refractivity contribution in [2.24, 2.45) is 0 Å². The summed E-state index contributed by atoms with van der Waals surface area (Å²) in [4.78, 5) is 28.1. The Morgan fingerprint density at radius 2 is 1.60 bits per heavy atom. The molecule has 3 aromatic carbocycles. The van der Waals surface area contributed by atoms with Gasteiger partial charge in [-0.05, 0) is 110 Å². The number of piperidine rings is 1. The molecule has 0 spiro atoms. The molecule has 0 atom stereocenters. The maximum absolute atomic E-state index is 12.9. The Morgan fingerprint density at radius 1 is 0.977 bits per heavy atom. The Morgan fingerprint density at radius 3 is 2.19 bits per heavy atom. The van der Waals surface area contributed by atoms with Gasteiger partial charge in [0, 0.05) is 41.8 Å². The zero-order chi connectivity index (χ0) is 30.8. The number of carbonyl (C=O) groups excluding carboxylic acids is 1. The van der Waals surface area contributed by atoms with Gasteiger partial charge in [-0.1, -0.05) is 43.1 Å². The minimum atomic E-state index is -1.02. The van der Waals surface area contributed by atoms with Gasteiger partial charge in [0.1, 0.15) is 5.75 Å². The topological polar surface area (TPSA) is 82.1 Å². The van der Waals surface area contributed by atoms with E-state index in [-0.39, 0.29) is 18.6 Å². The third-order valence-electron chi connectivity index (χ3n) is 7.13. The van der Waals surface area contributed by atoms with Crippen LogP contribution in [0, 0.1) is 0 Å². The molecule has 8 heteroatoms. The number of hydrogen-bond donors (Lipinski definition) is 2. The number of nitrogens with zero attached hydrogens (tertiary/aromatic N) is 2. The Hall–Kier alpha value is -4.43. The Kier molecular flexibility index (Phi) is 11.1. The predicted octanol–water partition coefficient (Wildman–Crippen LogP) is 8.04. The number of thioether (sulfide) groups is 1. The standard InChI is InChI=1S/C35H39N3O4S/c1-5-27(24-43-26(4)38(25(2)3)32-17-19-33(20-18-32)42-23-34(39)40)28-9-13-30(14-10-28)36-35(41)29-11-15-31(16-12-29)37-21-7-6-8-22-37/h5,9-20,24-25H,1,4,6-8,21-23H2,2-3H3,(H,36,41)(H,39,40)/b27-24+. The lowest BCUT2D eigenvalue weighted by atomic mass is 10.1. The summed E-state index contributed by atoms with van der Waals surface area (Å²) in [6.45, 7) is 14.2. The van der Waals surface area contributed by atoms with Crippen LogP contribution in [0.25, 0.3) is 5.57 Å². The first-order chi connectivity index (χ1) is 20.7. The van der Waals surface area contributed by atoms with Crippen molar-refractivity contribution >= 4 is 46.3 Å². The molecule has 0 aliphatic carbocycles. The summed E-state index contributed by atoms with van der Waals surface area (Å²) < 4.78 is 5.25. The third-order valence-corrected chi connectivity index (χ3v) is 7.97. The van der Waals surface area contributed by atoms with Gasteiger partial charge in [0.05, 0.1) is 5.03 Å². The van der Waals surface area contributed by atoms with Gasteiger partial charge in [0.15, 0.2) is 6.61 Å². The Labute approximate surface area is 258 Å². The van der Waals surface area contributed by atoms with Crippen LogP contribution in [-0.2, 0) is 4.79 Å². The SMILES string of the molecule is C=C/C(=C\SC(=C)N(c1ccc(OCC(=O)O)cc1)C(C)C)c1ccc(NC(=O)c2ccc(N3CCCCC3)cc2)cc1. The molecule has 0 bridgehead atoms. The van der Waals surface area contributed by atoms with Gasteiger partial charge >= 0.3 is 5.97 Å². The second-order valence-electron chi connectivity index (χ2n) is 10.6. The van der Waals surface area contributed by atoms with Gasteiger partial charge in [-0.3, -0.25) is 4.79 Å². The fourth-order valence-corrected chi connectivity index (χ4v) is 5.85. The monoisotopic (exact) mass is 597 g/mol. The normalized spacial score (nSPS) is 13.4. The number of amides is 1. The van der Waals surface area contributed by atoms with E-state index in [1.165, 1.54) is 36.7 Å². The van der Waals surface area contributed by atoms with E-state index in [9.17, 15) is 9.59 Å². The molecule has 0 saturated carbocycles. The highest BCUT2D eigenvalue weighted by atomic mass is 32.2. The van der Waals surface area contributed by atoms with Crippen molar-refractivity contribution in [3.8, 4) is 5.75 Å². The van der Waals surface area contributed by atoms with E-state index in [0.29, 0.717) is 11.3 Å². The van der Waals surface area contributed by atoms with Crippen LogP contribution in [0.3, 0.4) is 0 Å². The van der Waals surface area contributed by atoms with Crippen LogP contribution in [0.15, 0.2) is 102 Å². The van der Waals surface area contributed by atoms with E-state index >= 15 is 0 Å². The highest BCUT2D eigenvalue weighted by molar-refractivity contribution is 8.06. The number of nitrogens with one attached hydrogen (secondary N) is 1. The summed E-state index contributed by atoms with van der Waals surface area (Å²) in [7, 11) is 0. The molecule has 3 aromatic rings. The van der Waals surface area contributed by atoms with Crippen molar-refractivity contribution in [2.75, 3.05) is 34.8 Å². The molecule has 2 N–H and O–H groups in total. The molecule has 7 nitrogen and oxygen atoms in total. The van der Waals surface area contributed by atoms with Crippen molar-refractivity contribution in [1.82, 2.24) is 0 Å². The number of carboxylic acids is 1. The second kappa shape index (κ2) is 15.2. The minimum absolute atomic E-state index is 0.134. The summed E-state index contributed by atoms with van der Waals surface area (Å²) >= 11 is 1.49. The highest BCUT2D eigenvalue weighted by Gasteiger charge is 2.16. The lowest BCUT2D eigenvalue weighted by Gasteiger charge is -2.30. The summed E-state index contributed by atoms with van der Waals surface area (Å²) in [6, 6.07) is 22.9. The molecule has 1 heterocycles. The number of aliphatic carboxylic acids is 1. The van der Waals surface area contributed by atoms with Crippen molar-refractivity contribution < 1.29 is 19.4 Å². The van der Waals surface area contributed by atoms with Crippen LogP contribution >= 0.6 is 11.8 Å². The van der Waals surface area contributed by atoms with Gasteiger partial charge in [0.2, 0.25) is 0 Å². The highest BCUT2D eigenvalue weighted by Crippen LogP contribution is 2.32. The number of allylic oxidation sites excluding steroid dienone is 2. The van der Waals surface area contributed by atoms with Crippen molar-refractivity contribution in [2.45, 2.75) is 39.2 Å². The van der Waals surface area contributed by atoms with Crippen LogP contribution < -0.4 is 19.9 Å². The van der Waals surface area contributed by atoms with Crippen molar-refractivity contribution in [3.63, 3.8) is 0 Å². The van der Waals surface area contributed by atoms with Gasteiger partial charge in [-0.25, -0.2) is 4.79 Å². The number of rotatable bonds is 13. The Balaban J connectivity index is 1.37. The van der Waals surface area contributed by atoms with Crippen LogP contribution in [-0.4, -0.2) is 42.7 Å². The first kappa shape index (κ1) is 31.5.